The number of benzene rings is 1. The van der Waals surface area contributed by atoms with Crippen LogP contribution in [0.4, 0.5) is 0 Å². The molecule has 1 aromatic carbocycles. The number of ether oxygens (including phenoxy) is 2. The lowest BCUT2D eigenvalue weighted by Gasteiger charge is -2.19. The molecular weight excluding hydrogens is 214 g/mol. The molecule has 1 N–H and O–H groups in total. The van der Waals surface area contributed by atoms with Crippen molar-refractivity contribution in [1.29, 1.82) is 0 Å². The molecule has 0 spiro atoms. The number of terminal acetylenes is 1. The SMILES string of the molecule is C#CC(C)NC(C)c1cc(OC)ccc1OC. The van der Waals surface area contributed by atoms with Crippen LogP contribution in [-0.4, -0.2) is 20.3 Å². The van der Waals surface area contributed by atoms with Crippen molar-refractivity contribution >= 4 is 0 Å². The zero-order valence-corrected chi connectivity index (χ0v) is 10.8. The third-order valence-corrected chi connectivity index (χ3v) is 2.65. The minimum atomic E-state index is 0.0147. The molecule has 0 saturated carbocycles. The second kappa shape index (κ2) is 6.17. The summed E-state index contributed by atoms with van der Waals surface area (Å²) in [5.41, 5.74) is 1.04. The predicted molar refractivity (Wildman–Crippen MR) is 69.4 cm³/mol. The van der Waals surface area contributed by atoms with E-state index in [1.807, 2.05) is 32.0 Å². The quantitative estimate of drug-likeness (QED) is 0.792. The highest BCUT2D eigenvalue weighted by atomic mass is 16.5. The Bertz CT molecular complexity index is 409. The Morgan fingerprint density at radius 3 is 2.47 bits per heavy atom. The summed E-state index contributed by atoms with van der Waals surface area (Å²) in [7, 11) is 3.30. The van der Waals surface area contributed by atoms with Crippen LogP contribution in [0.25, 0.3) is 0 Å². The molecule has 0 saturated heterocycles. The van der Waals surface area contributed by atoms with Gasteiger partial charge >= 0.3 is 0 Å². The predicted octanol–water partition coefficient (Wildman–Crippen LogP) is 2.38. The molecule has 3 nitrogen and oxygen atoms in total. The van der Waals surface area contributed by atoms with Gasteiger partial charge in [0, 0.05) is 11.6 Å². The maximum absolute atomic E-state index is 5.36. The van der Waals surface area contributed by atoms with Gasteiger partial charge in [-0.05, 0) is 32.0 Å². The van der Waals surface area contributed by atoms with Gasteiger partial charge in [-0.1, -0.05) is 5.92 Å². The molecule has 92 valence electrons. The molecular formula is C14H19NO2. The number of hydrogen-bond acceptors (Lipinski definition) is 3. The Morgan fingerprint density at radius 1 is 1.24 bits per heavy atom. The molecule has 0 bridgehead atoms. The lowest BCUT2D eigenvalue weighted by Crippen LogP contribution is -2.27. The van der Waals surface area contributed by atoms with E-state index in [1.54, 1.807) is 14.2 Å². The third-order valence-electron chi connectivity index (χ3n) is 2.65. The molecule has 0 aliphatic heterocycles. The molecule has 2 atom stereocenters. The van der Waals surface area contributed by atoms with Crippen LogP contribution in [0.3, 0.4) is 0 Å². The van der Waals surface area contributed by atoms with Gasteiger partial charge in [0.05, 0.1) is 20.3 Å². The van der Waals surface area contributed by atoms with E-state index in [9.17, 15) is 0 Å². The van der Waals surface area contributed by atoms with Gasteiger partial charge < -0.3 is 9.47 Å². The van der Waals surface area contributed by atoms with Crippen LogP contribution in [0.5, 0.6) is 11.5 Å². The first-order valence-corrected chi connectivity index (χ1v) is 5.56. The van der Waals surface area contributed by atoms with Crippen molar-refractivity contribution in [2.24, 2.45) is 0 Å². The summed E-state index contributed by atoms with van der Waals surface area (Å²) in [6, 6.07) is 5.85. The van der Waals surface area contributed by atoms with E-state index >= 15 is 0 Å². The number of rotatable bonds is 5. The maximum atomic E-state index is 5.36. The fourth-order valence-electron chi connectivity index (χ4n) is 1.69. The van der Waals surface area contributed by atoms with Gasteiger partial charge in [-0.2, -0.15) is 0 Å². The van der Waals surface area contributed by atoms with Crippen molar-refractivity contribution in [2.45, 2.75) is 25.9 Å². The highest BCUT2D eigenvalue weighted by molar-refractivity contribution is 5.42. The van der Waals surface area contributed by atoms with E-state index in [4.69, 9.17) is 15.9 Å². The lowest BCUT2D eigenvalue weighted by molar-refractivity contribution is 0.390. The molecule has 1 aromatic rings. The summed E-state index contributed by atoms with van der Waals surface area (Å²) in [6.45, 7) is 3.99. The van der Waals surface area contributed by atoms with Gasteiger partial charge in [0.2, 0.25) is 0 Å². The first kappa shape index (κ1) is 13.4. The van der Waals surface area contributed by atoms with Crippen molar-refractivity contribution in [1.82, 2.24) is 5.32 Å². The average molecular weight is 233 g/mol. The fourth-order valence-corrected chi connectivity index (χ4v) is 1.69. The monoisotopic (exact) mass is 233 g/mol. The molecule has 0 aliphatic rings. The van der Waals surface area contributed by atoms with Crippen LogP contribution in [0.1, 0.15) is 25.5 Å². The smallest absolute Gasteiger partial charge is 0.123 e. The topological polar surface area (TPSA) is 30.5 Å². The zero-order chi connectivity index (χ0) is 12.8. The summed E-state index contributed by atoms with van der Waals surface area (Å²) in [5.74, 6) is 4.29. The molecule has 0 fully saturated rings. The van der Waals surface area contributed by atoms with Gasteiger partial charge in [-0.25, -0.2) is 0 Å². The fraction of sp³-hybridized carbons (Fsp3) is 0.429. The number of nitrogens with one attached hydrogen (secondary N) is 1. The van der Waals surface area contributed by atoms with Crippen LogP contribution in [0.2, 0.25) is 0 Å². The van der Waals surface area contributed by atoms with Crippen molar-refractivity contribution in [2.75, 3.05) is 14.2 Å². The van der Waals surface area contributed by atoms with Crippen LogP contribution < -0.4 is 14.8 Å². The normalized spacial score (nSPS) is 13.6. The highest BCUT2D eigenvalue weighted by Crippen LogP contribution is 2.29. The second-order valence-corrected chi connectivity index (χ2v) is 3.88. The number of hydrogen-bond donors (Lipinski definition) is 1. The average Bonchev–Trinajstić information content (AvgIpc) is 2.37. The van der Waals surface area contributed by atoms with E-state index in [2.05, 4.69) is 11.2 Å². The molecule has 0 amide bonds. The van der Waals surface area contributed by atoms with E-state index in [0.29, 0.717) is 0 Å². The van der Waals surface area contributed by atoms with Crippen LogP contribution in [-0.2, 0) is 0 Å². The van der Waals surface area contributed by atoms with Crippen LogP contribution in [0, 0.1) is 12.3 Å². The van der Waals surface area contributed by atoms with Crippen molar-refractivity contribution in [3.63, 3.8) is 0 Å². The minimum Gasteiger partial charge on any atom is -0.497 e. The summed E-state index contributed by atoms with van der Waals surface area (Å²) >= 11 is 0. The van der Waals surface area contributed by atoms with Gasteiger partial charge in [0.15, 0.2) is 0 Å². The summed E-state index contributed by atoms with van der Waals surface area (Å²) in [6.07, 6.45) is 5.36. The first-order chi connectivity index (χ1) is 8.12. The van der Waals surface area contributed by atoms with E-state index < -0.39 is 0 Å². The highest BCUT2D eigenvalue weighted by Gasteiger charge is 2.13. The molecule has 17 heavy (non-hydrogen) atoms. The third kappa shape index (κ3) is 3.40. The molecule has 0 radical (unpaired) electrons. The van der Waals surface area contributed by atoms with E-state index in [0.717, 1.165) is 17.1 Å². The van der Waals surface area contributed by atoms with Crippen LogP contribution >= 0.6 is 0 Å². The Kier molecular flexibility index (Phi) is 4.86. The Balaban J connectivity index is 2.97. The maximum Gasteiger partial charge on any atom is 0.123 e. The molecule has 3 heteroatoms. The van der Waals surface area contributed by atoms with Crippen molar-refractivity contribution in [3.8, 4) is 23.8 Å². The molecule has 1 rings (SSSR count). The van der Waals surface area contributed by atoms with Crippen molar-refractivity contribution < 1.29 is 9.47 Å². The molecule has 0 aromatic heterocycles. The van der Waals surface area contributed by atoms with Crippen LogP contribution in [0.15, 0.2) is 18.2 Å². The lowest BCUT2D eigenvalue weighted by atomic mass is 10.1. The molecule has 2 unspecified atom stereocenters. The Labute approximate surface area is 103 Å². The van der Waals surface area contributed by atoms with Gasteiger partial charge in [-0.3, -0.25) is 5.32 Å². The summed E-state index contributed by atoms with van der Waals surface area (Å²) in [5, 5.41) is 3.30. The van der Waals surface area contributed by atoms with E-state index in [-0.39, 0.29) is 12.1 Å². The summed E-state index contributed by atoms with van der Waals surface area (Å²) in [4.78, 5) is 0. The van der Waals surface area contributed by atoms with E-state index in [1.165, 1.54) is 0 Å². The zero-order valence-electron chi connectivity index (χ0n) is 10.8. The van der Waals surface area contributed by atoms with Gasteiger partial charge in [-0.15, -0.1) is 6.42 Å². The number of methoxy groups -OCH3 is 2. The largest absolute Gasteiger partial charge is 0.497 e. The van der Waals surface area contributed by atoms with Crippen molar-refractivity contribution in [3.05, 3.63) is 23.8 Å². The first-order valence-electron chi connectivity index (χ1n) is 5.56. The van der Waals surface area contributed by atoms with Gasteiger partial charge in [0.1, 0.15) is 11.5 Å². The standard InChI is InChI=1S/C14H19NO2/c1-6-10(2)15-11(3)13-9-12(16-4)7-8-14(13)17-5/h1,7-11,15H,2-5H3. The Morgan fingerprint density at radius 2 is 1.94 bits per heavy atom. The molecule has 0 aliphatic carbocycles. The molecule has 0 heterocycles. The summed E-state index contributed by atoms with van der Waals surface area (Å²) < 4.78 is 10.5. The minimum absolute atomic E-state index is 0.0147. The Hall–Kier alpha value is -1.66. The van der Waals surface area contributed by atoms with Gasteiger partial charge in [0.25, 0.3) is 0 Å². The second-order valence-electron chi connectivity index (χ2n) is 3.88.